The first-order valence-electron chi connectivity index (χ1n) is 7.21. The molecule has 0 aromatic heterocycles. The number of hydrogen-bond acceptors (Lipinski definition) is 2. The predicted octanol–water partition coefficient (Wildman–Crippen LogP) is 3.14. The minimum absolute atomic E-state index is 0.347. The van der Waals surface area contributed by atoms with Gasteiger partial charge in [-0.15, -0.1) is 0 Å². The van der Waals surface area contributed by atoms with Crippen LogP contribution in [0.5, 0.6) is 0 Å². The van der Waals surface area contributed by atoms with Gasteiger partial charge in [-0.05, 0) is 56.4 Å². The van der Waals surface area contributed by atoms with Gasteiger partial charge in [0.2, 0.25) is 0 Å². The van der Waals surface area contributed by atoms with Crippen molar-refractivity contribution < 1.29 is 8.42 Å². The summed E-state index contributed by atoms with van der Waals surface area (Å²) in [7, 11) is -3.12. The van der Waals surface area contributed by atoms with Gasteiger partial charge in [-0.3, -0.25) is 0 Å². The van der Waals surface area contributed by atoms with E-state index in [9.17, 15) is 8.42 Å². The molecule has 0 unspecified atom stereocenters. The van der Waals surface area contributed by atoms with Crippen LogP contribution >= 0.6 is 0 Å². The molecule has 0 radical (unpaired) electrons. The van der Waals surface area contributed by atoms with Crippen molar-refractivity contribution in [3.8, 4) is 0 Å². The smallest absolute Gasteiger partial charge is 0.165 e. The second kappa shape index (κ2) is 3.25. The molecule has 2 bridgehead atoms. The standard InChI is InChI=1S/C16H20O2S/c1-15(2)13-8-11-9-14(13)16(10-11,19(15,17)18)12-6-4-3-5-7-12/h3-7,11,13-14H,8-10H2,1-2H3/t11-,13+,14-,16+/m1/s1. The van der Waals surface area contributed by atoms with Crippen molar-refractivity contribution in [2.45, 2.75) is 42.6 Å². The van der Waals surface area contributed by atoms with Gasteiger partial charge in [0, 0.05) is 0 Å². The first-order chi connectivity index (χ1) is 8.91. The summed E-state index contributed by atoms with van der Waals surface area (Å²) in [5, 5.41) is 0. The zero-order chi connectivity index (χ0) is 13.5. The van der Waals surface area contributed by atoms with Crippen molar-refractivity contribution in [3.63, 3.8) is 0 Å². The maximum Gasteiger partial charge on any atom is 0.165 e. The van der Waals surface area contributed by atoms with Gasteiger partial charge in [-0.25, -0.2) is 8.42 Å². The molecule has 3 aliphatic rings. The van der Waals surface area contributed by atoms with Gasteiger partial charge in [0.15, 0.2) is 9.84 Å². The molecule has 1 saturated heterocycles. The molecule has 2 saturated carbocycles. The van der Waals surface area contributed by atoms with E-state index in [0.717, 1.165) is 24.8 Å². The molecule has 1 aromatic carbocycles. The molecule has 4 rings (SSSR count). The number of fused-ring (bicyclic) bond motifs is 1. The molecule has 2 aliphatic carbocycles. The van der Waals surface area contributed by atoms with Crippen LogP contribution in [0.4, 0.5) is 0 Å². The van der Waals surface area contributed by atoms with Crippen molar-refractivity contribution in [3.05, 3.63) is 35.9 Å². The van der Waals surface area contributed by atoms with Crippen LogP contribution in [-0.4, -0.2) is 13.2 Å². The molecule has 1 aromatic rings. The van der Waals surface area contributed by atoms with Gasteiger partial charge >= 0.3 is 0 Å². The van der Waals surface area contributed by atoms with E-state index in [-0.39, 0.29) is 0 Å². The topological polar surface area (TPSA) is 34.1 Å². The molecule has 4 atom stereocenters. The minimum atomic E-state index is -3.12. The van der Waals surface area contributed by atoms with E-state index in [1.807, 2.05) is 44.2 Å². The average Bonchev–Trinajstić information content (AvgIpc) is 2.99. The van der Waals surface area contributed by atoms with Crippen LogP contribution in [0.25, 0.3) is 0 Å². The SMILES string of the molecule is CC1(C)[C@H]2C[C@@H]3C[C@H]2[C@@](c2ccccc2)(C3)S1(=O)=O. The minimum Gasteiger partial charge on any atom is -0.227 e. The fourth-order valence-electron chi connectivity index (χ4n) is 5.36. The van der Waals surface area contributed by atoms with Crippen molar-refractivity contribution in [1.82, 2.24) is 0 Å². The molecule has 3 fully saturated rings. The Balaban J connectivity index is 2.03. The maximum absolute atomic E-state index is 13.3. The van der Waals surface area contributed by atoms with Gasteiger partial charge < -0.3 is 0 Å². The molecule has 1 aliphatic heterocycles. The Bertz CT molecular complexity index is 632. The highest BCUT2D eigenvalue weighted by Crippen LogP contribution is 2.71. The zero-order valence-corrected chi connectivity index (χ0v) is 12.3. The second-order valence-corrected chi connectivity index (χ2v) is 9.90. The van der Waals surface area contributed by atoms with Crippen LogP contribution in [-0.2, 0) is 14.6 Å². The lowest BCUT2D eigenvalue weighted by atomic mass is 9.73. The lowest BCUT2D eigenvalue weighted by Crippen LogP contribution is -2.39. The Hall–Kier alpha value is -0.830. The molecule has 102 valence electrons. The van der Waals surface area contributed by atoms with E-state index in [0.29, 0.717) is 17.8 Å². The highest BCUT2D eigenvalue weighted by molar-refractivity contribution is 7.94. The van der Waals surface area contributed by atoms with Gasteiger partial charge in [-0.2, -0.15) is 0 Å². The Morgan fingerprint density at radius 2 is 1.68 bits per heavy atom. The quantitative estimate of drug-likeness (QED) is 0.789. The molecule has 19 heavy (non-hydrogen) atoms. The summed E-state index contributed by atoms with van der Waals surface area (Å²) >= 11 is 0. The normalized spacial score (nSPS) is 44.6. The van der Waals surface area contributed by atoms with Crippen LogP contribution in [0.2, 0.25) is 0 Å². The molecule has 0 amide bonds. The molecular weight excluding hydrogens is 256 g/mol. The van der Waals surface area contributed by atoms with E-state index in [1.54, 1.807) is 0 Å². The van der Waals surface area contributed by atoms with Crippen LogP contribution < -0.4 is 0 Å². The van der Waals surface area contributed by atoms with Crippen molar-refractivity contribution in [2.24, 2.45) is 17.8 Å². The highest BCUT2D eigenvalue weighted by Gasteiger charge is 2.75. The van der Waals surface area contributed by atoms with E-state index < -0.39 is 19.3 Å². The monoisotopic (exact) mass is 276 g/mol. The summed E-state index contributed by atoms with van der Waals surface area (Å²) < 4.78 is 25.4. The largest absolute Gasteiger partial charge is 0.227 e. The van der Waals surface area contributed by atoms with E-state index >= 15 is 0 Å². The molecule has 3 heteroatoms. The lowest BCUT2D eigenvalue weighted by Gasteiger charge is -2.32. The van der Waals surface area contributed by atoms with E-state index in [4.69, 9.17) is 0 Å². The van der Waals surface area contributed by atoms with Crippen molar-refractivity contribution >= 4 is 9.84 Å². The molecule has 1 heterocycles. The van der Waals surface area contributed by atoms with E-state index in [1.165, 1.54) is 0 Å². The van der Waals surface area contributed by atoms with Gasteiger partial charge in [-0.1, -0.05) is 30.3 Å². The summed E-state index contributed by atoms with van der Waals surface area (Å²) in [4.78, 5) is 0. The summed E-state index contributed by atoms with van der Waals surface area (Å²) in [6.45, 7) is 3.91. The number of benzene rings is 1. The fourth-order valence-corrected chi connectivity index (χ4v) is 8.52. The highest BCUT2D eigenvalue weighted by atomic mass is 32.2. The summed E-state index contributed by atoms with van der Waals surface area (Å²) in [5.41, 5.74) is 1.04. The zero-order valence-electron chi connectivity index (χ0n) is 11.5. The van der Waals surface area contributed by atoms with Crippen LogP contribution in [0.3, 0.4) is 0 Å². The second-order valence-electron chi connectivity index (χ2n) is 7.12. The maximum atomic E-state index is 13.3. The van der Waals surface area contributed by atoms with Crippen LogP contribution in [0.15, 0.2) is 30.3 Å². The molecule has 2 nitrogen and oxygen atoms in total. The summed E-state index contributed by atoms with van der Waals surface area (Å²) in [5.74, 6) is 1.32. The van der Waals surface area contributed by atoms with Gasteiger partial charge in [0.1, 0.15) is 4.75 Å². The Morgan fingerprint density at radius 1 is 1.05 bits per heavy atom. The molecule has 0 spiro atoms. The van der Waals surface area contributed by atoms with E-state index in [2.05, 4.69) is 0 Å². The van der Waals surface area contributed by atoms with Crippen LogP contribution in [0, 0.1) is 17.8 Å². The summed E-state index contributed by atoms with van der Waals surface area (Å²) in [6, 6.07) is 9.98. The molecule has 0 N–H and O–H groups in total. The van der Waals surface area contributed by atoms with Gasteiger partial charge in [0.05, 0.1) is 4.75 Å². The number of hydrogen-bond donors (Lipinski definition) is 0. The Kier molecular flexibility index (Phi) is 2.04. The lowest BCUT2D eigenvalue weighted by molar-refractivity contribution is 0.266. The third-order valence-electron chi connectivity index (χ3n) is 6.18. The summed E-state index contributed by atoms with van der Waals surface area (Å²) in [6.07, 6.45) is 3.08. The third-order valence-corrected chi connectivity index (χ3v) is 9.53. The first-order valence-corrected chi connectivity index (χ1v) is 8.69. The number of rotatable bonds is 1. The van der Waals surface area contributed by atoms with Gasteiger partial charge in [0.25, 0.3) is 0 Å². The Morgan fingerprint density at radius 3 is 2.32 bits per heavy atom. The molecular formula is C16H20O2S. The third kappa shape index (κ3) is 1.09. The van der Waals surface area contributed by atoms with Crippen LogP contribution in [0.1, 0.15) is 38.7 Å². The van der Waals surface area contributed by atoms with Crippen molar-refractivity contribution in [2.75, 3.05) is 0 Å². The fraction of sp³-hybridized carbons (Fsp3) is 0.625. The number of sulfone groups is 1. The predicted molar refractivity (Wildman–Crippen MR) is 75.4 cm³/mol. The average molecular weight is 276 g/mol. The van der Waals surface area contributed by atoms with Crippen molar-refractivity contribution in [1.29, 1.82) is 0 Å². The first kappa shape index (κ1) is 12.0. The Labute approximate surface area is 115 Å².